The molecule has 0 bridgehead atoms. The molecule has 0 saturated heterocycles. The average molecular weight is 289 g/mol. The van der Waals surface area contributed by atoms with Crippen LogP contribution in [0.4, 0.5) is 5.13 Å². The van der Waals surface area contributed by atoms with Gasteiger partial charge < -0.3 is 5.32 Å². The van der Waals surface area contributed by atoms with Crippen LogP contribution >= 0.6 is 22.9 Å². The lowest BCUT2D eigenvalue weighted by Gasteiger charge is -2.03. The van der Waals surface area contributed by atoms with E-state index in [1.807, 2.05) is 18.2 Å². The van der Waals surface area contributed by atoms with E-state index in [4.69, 9.17) is 11.6 Å². The van der Waals surface area contributed by atoms with Crippen molar-refractivity contribution >= 4 is 38.3 Å². The number of hydrogen-bond donors (Lipinski definition) is 1. The van der Waals surface area contributed by atoms with Crippen LogP contribution in [0.15, 0.2) is 42.5 Å². The Bertz CT molecular complexity index is 721. The molecule has 2 nitrogen and oxygen atoms in total. The molecular weight excluding hydrogens is 276 g/mol. The Morgan fingerprint density at radius 2 is 2.11 bits per heavy atom. The van der Waals surface area contributed by atoms with Gasteiger partial charge >= 0.3 is 0 Å². The molecule has 0 aliphatic rings. The number of halogens is 1. The lowest BCUT2D eigenvalue weighted by Crippen LogP contribution is -1.98. The van der Waals surface area contributed by atoms with Crippen molar-refractivity contribution in [3.63, 3.8) is 0 Å². The molecule has 0 spiro atoms. The summed E-state index contributed by atoms with van der Waals surface area (Å²) in [7, 11) is 0. The Labute approximate surface area is 121 Å². The number of aryl methyl sites for hydroxylation is 1. The van der Waals surface area contributed by atoms with E-state index in [0.717, 1.165) is 26.9 Å². The fourth-order valence-corrected chi connectivity index (χ4v) is 3.11. The Hall–Kier alpha value is -1.58. The molecule has 1 aromatic heterocycles. The molecule has 3 rings (SSSR count). The minimum absolute atomic E-state index is 0.751. The average Bonchev–Trinajstić information content (AvgIpc) is 2.78. The lowest BCUT2D eigenvalue weighted by molar-refractivity contribution is 1.13. The summed E-state index contributed by atoms with van der Waals surface area (Å²) in [5.41, 5.74) is 3.52. The first-order chi connectivity index (χ1) is 9.20. The van der Waals surface area contributed by atoms with Crippen LogP contribution in [0.3, 0.4) is 0 Å². The molecule has 4 heteroatoms. The fraction of sp³-hybridized carbons (Fsp3) is 0.133. The highest BCUT2D eigenvalue weighted by Crippen LogP contribution is 2.28. The molecule has 3 aromatic rings. The number of nitrogens with zero attached hydrogens (tertiary/aromatic N) is 1. The number of benzene rings is 2. The minimum atomic E-state index is 0.751. The van der Waals surface area contributed by atoms with Crippen molar-refractivity contribution in [1.82, 2.24) is 4.98 Å². The van der Waals surface area contributed by atoms with Gasteiger partial charge in [0.2, 0.25) is 0 Å². The summed E-state index contributed by atoms with van der Waals surface area (Å²) >= 11 is 7.61. The third-order valence-electron chi connectivity index (χ3n) is 2.88. The molecule has 0 unspecified atom stereocenters. The van der Waals surface area contributed by atoms with Crippen molar-refractivity contribution in [2.24, 2.45) is 0 Å². The number of hydrogen-bond acceptors (Lipinski definition) is 3. The second kappa shape index (κ2) is 5.19. The molecule has 0 fully saturated rings. The predicted molar refractivity (Wildman–Crippen MR) is 83.1 cm³/mol. The predicted octanol–water partition coefficient (Wildman–Crippen LogP) is 4.87. The van der Waals surface area contributed by atoms with Gasteiger partial charge in [-0.1, -0.05) is 52.8 Å². The van der Waals surface area contributed by atoms with E-state index < -0.39 is 0 Å². The van der Waals surface area contributed by atoms with E-state index >= 15 is 0 Å². The van der Waals surface area contributed by atoms with Gasteiger partial charge in [0.1, 0.15) is 0 Å². The molecular formula is C15H13ClN2S. The molecule has 2 aromatic carbocycles. The summed E-state index contributed by atoms with van der Waals surface area (Å²) in [6.07, 6.45) is 0. The van der Waals surface area contributed by atoms with Gasteiger partial charge in [0.05, 0.1) is 10.2 Å². The van der Waals surface area contributed by atoms with Crippen molar-refractivity contribution in [1.29, 1.82) is 0 Å². The van der Waals surface area contributed by atoms with Crippen LogP contribution in [0.1, 0.15) is 11.1 Å². The third-order valence-corrected chi connectivity index (χ3v) is 4.09. The number of anilines is 1. The minimum Gasteiger partial charge on any atom is -0.357 e. The van der Waals surface area contributed by atoms with E-state index in [1.165, 1.54) is 11.1 Å². The number of aromatic nitrogens is 1. The second-order valence-corrected chi connectivity index (χ2v) is 5.94. The largest absolute Gasteiger partial charge is 0.357 e. The van der Waals surface area contributed by atoms with Gasteiger partial charge in [-0.3, -0.25) is 0 Å². The van der Waals surface area contributed by atoms with Gasteiger partial charge in [-0.25, -0.2) is 4.98 Å². The maximum atomic E-state index is 5.98. The van der Waals surface area contributed by atoms with E-state index in [-0.39, 0.29) is 0 Å². The van der Waals surface area contributed by atoms with Gasteiger partial charge in [-0.05, 0) is 30.7 Å². The standard InChI is InChI=1S/C15H13ClN2S/c1-10-3-2-4-11(7-10)9-17-15-18-13-6-5-12(16)8-14(13)19-15/h2-8H,9H2,1H3,(H,17,18). The zero-order valence-corrected chi connectivity index (χ0v) is 12.1. The maximum absolute atomic E-state index is 5.98. The quantitative estimate of drug-likeness (QED) is 0.744. The van der Waals surface area contributed by atoms with Crippen molar-refractivity contribution in [3.05, 3.63) is 58.6 Å². The zero-order chi connectivity index (χ0) is 13.2. The number of fused-ring (bicyclic) bond motifs is 1. The lowest BCUT2D eigenvalue weighted by atomic mass is 10.1. The fourth-order valence-electron chi connectivity index (χ4n) is 1.97. The number of rotatable bonds is 3. The highest BCUT2D eigenvalue weighted by molar-refractivity contribution is 7.22. The van der Waals surface area contributed by atoms with Crippen LogP contribution < -0.4 is 5.32 Å². The Kier molecular flexibility index (Phi) is 3.40. The molecule has 0 atom stereocenters. The topological polar surface area (TPSA) is 24.9 Å². The van der Waals surface area contributed by atoms with Gasteiger partial charge in [-0.15, -0.1) is 0 Å². The first-order valence-corrected chi connectivity index (χ1v) is 7.26. The highest BCUT2D eigenvalue weighted by atomic mass is 35.5. The first kappa shape index (κ1) is 12.5. The van der Waals surface area contributed by atoms with Crippen LogP contribution in [0.5, 0.6) is 0 Å². The summed E-state index contributed by atoms with van der Waals surface area (Å²) < 4.78 is 1.11. The maximum Gasteiger partial charge on any atom is 0.184 e. The highest BCUT2D eigenvalue weighted by Gasteiger charge is 2.04. The molecule has 0 aliphatic heterocycles. The second-order valence-electron chi connectivity index (χ2n) is 4.47. The summed E-state index contributed by atoms with van der Waals surface area (Å²) in [5, 5.41) is 5.04. The van der Waals surface area contributed by atoms with Gasteiger partial charge in [-0.2, -0.15) is 0 Å². The smallest absolute Gasteiger partial charge is 0.184 e. The van der Waals surface area contributed by atoms with Crippen LogP contribution in [0.25, 0.3) is 10.2 Å². The SMILES string of the molecule is Cc1cccc(CNc2nc3ccc(Cl)cc3s2)c1. The molecule has 1 heterocycles. The van der Waals surface area contributed by atoms with E-state index in [1.54, 1.807) is 11.3 Å². The summed E-state index contributed by atoms with van der Waals surface area (Å²) in [6, 6.07) is 14.2. The molecule has 96 valence electrons. The third kappa shape index (κ3) is 2.88. The normalized spacial score (nSPS) is 10.8. The van der Waals surface area contributed by atoms with Gasteiger partial charge in [0.15, 0.2) is 5.13 Å². The molecule has 0 radical (unpaired) electrons. The Balaban J connectivity index is 1.78. The zero-order valence-electron chi connectivity index (χ0n) is 10.5. The van der Waals surface area contributed by atoms with Gasteiger partial charge in [0, 0.05) is 11.6 Å². The van der Waals surface area contributed by atoms with Crippen LogP contribution in [0.2, 0.25) is 5.02 Å². The van der Waals surface area contributed by atoms with E-state index in [2.05, 4.69) is 41.5 Å². The van der Waals surface area contributed by atoms with Crippen molar-refractivity contribution in [2.45, 2.75) is 13.5 Å². The molecule has 0 saturated carbocycles. The first-order valence-electron chi connectivity index (χ1n) is 6.06. The molecule has 0 amide bonds. The summed E-state index contributed by atoms with van der Waals surface area (Å²) in [4.78, 5) is 4.54. The number of thiazole rings is 1. The van der Waals surface area contributed by atoms with Crippen molar-refractivity contribution in [3.8, 4) is 0 Å². The van der Waals surface area contributed by atoms with E-state index in [0.29, 0.717) is 0 Å². The van der Waals surface area contributed by atoms with Crippen molar-refractivity contribution < 1.29 is 0 Å². The van der Waals surface area contributed by atoms with Crippen LogP contribution in [-0.4, -0.2) is 4.98 Å². The molecule has 0 aliphatic carbocycles. The summed E-state index contributed by atoms with van der Waals surface area (Å²) in [5.74, 6) is 0. The van der Waals surface area contributed by atoms with Crippen LogP contribution in [0, 0.1) is 6.92 Å². The monoisotopic (exact) mass is 288 g/mol. The van der Waals surface area contributed by atoms with E-state index in [9.17, 15) is 0 Å². The number of nitrogens with one attached hydrogen (secondary N) is 1. The molecule has 19 heavy (non-hydrogen) atoms. The van der Waals surface area contributed by atoms with Crippen molar-refractivity contribution in [2.75, 3.05) is 5.32 Å². The Morgan fingerprint density at radius 3 is 2.95 bits per heavy atom. The summed E-state index contributed by atoms with van der Waals surface area (Å²) in [6.45, 7) is 2.89. The van der Waals surface area contributed by atoms with Crippen LogP contribution in [-0.2, 0) is 6.54 Å². The van der Waals surface area contributed by atoms with Gasteiger partial charge in [0.25, 0.3) is 0 Å². The Morgan fingerprint density at radius 1 is 1.21 bits per heavy atom. The molecule has 1 N–H and O–H groups in total.